The second kappa shape index (κ2) is 5.51. The summed E-state index contributed by atoms with van der Waals surface area (Å²) >= 11 is 6.19. The van der Waals surface area contributed by atoms with Crippen molar-refractivity contribution in [1.82, 2.24) is 10.3 Å². The van der Waals surface area contributed by atoms with Crippen LogP contribution in [0.5, 0.6) is 0 Å². The first-order chi connectivity index (χ1) is 10.1. The molecule has 3 nitrogen and oxygen atoms in total. The SMILES string of the molecule is CNC(c1cc(C)nc(C)c1)c1cc2cccc(Cl)c2o1. The lowest BCUT2D eigenvalue weighted by Crippen LogP contribution is -2.17. The number of aryl methyl sites for hydroxylation is 2. The zero-order valence-electron chi connectivity index (χ0n) is 12.3. The molecule has 1 unspecified atom stereocenters. The summed E-state index contributed by atoms with van der Waals surface area (Å²) < 4.78 is 5.97. The van der Waals surface area contributed by atoms with Gasteiger partial charge in [-0.05, 0) is 50.7 Å². The minimum absolute atomic E-state index is 0.0196. The first-order valence-electron chi connectivity index (χ1n) is 6.89. The molecule has 0 spiro atoms. The van der Waals surface area contributed by atoms with Crippen LogP contribution in [0.3, 0.4) is 0 Å². The number of benzene rings is 1. The van der Waals surface area contributed by atoms with Crippen LogP contribution in [-0.2, 0) is 0 Å². The molecule has 0 aliphatic carbocycles. The Morgan fingerprint density at radius 3 is 2.48 bits per heavy atom. The second-order valence-corrected chi connectivity index (χ2v) is 5.62. The third-order valence-corrected chi connectivity index (χ3v) is 3.82. The Hall–Kier alpha value is -1.84. The molecule has 0 radical (unpaired) electrons. The quantitative estimate of drug-likeness (QED) is 0.779. The van der Waals surface area contributed by atoms with Crippen LogP contribution >= 0.6 is 11.6 Å². The number of nitrogens with one attached hydrogen (secondary N) is 1. The van der Waals surface area contributed by atoms with Crippen molar-refractivity contribution >= 4 is 22.6 Å². The molecular formula is C17H17ClN2O. The molecule has 1 atom stereocenters. The molecule has 21 heavy (non-hydrogen) atoms. The molecule has 108 valence electrons. The highest BCUT2D eigenvalue weighted by Crippen LogP contribution is 2.32. The molecule has 4 heteroatoms. The maximum Gasteiger partial charge on any atom is 0.152 e. The van der Waals surface area contributed by atoms with Gasteiger partial charge in [-0.1, -0.05) is 23.7 Å². The number of pyridine rings is 1. The summed E-state index contributed by atoms with van der Waals surface area (Å²) in [6.45, 7) is 4.00. The van der Waals surface area contributed by atoms with Gasteiger partial charge in [0.1, 0.15) is 5.76 Å². The third-order valence-electron chi connectivity index (χ3n) is 3.53. The molecule has 3 aromatic rings. The minimum Gasteiger partial charge on any atom is -0.457 e. The smallest absolute Gasteiger partial charge is 0.152 e. The highest BCUT2D eigenvalue weighted by atomic mass is 35.5. The van der Waals surface area contributed by atoms with E-state index in [9.17, 15) is 0 Å². The number of rotatable bonds is 3. The van der Waals surface area contributed by atoms with Crippen LogP contribution in [0.4, 0.5) is 0 Å². The van der Waals surface area contributed by atoms with E-state index in [1.54, 1.807) is 0 Å². The van der Waals surface area contributed by atoms with E-state index in [4.69, 9.17) is 16.0 Å². The summed E-state index contributed by atoms with van der Waals surface area (Å²) in [5.41, 5.74) is 3.87. The van der Waals surface area contributed by atoms with E-state index >= 15 is 0 Å². The molecule has 0 saturated heterocycles. The number of para-hydroxylation sites is 1. The summed E-state index contributed by atoms with van der Waals surface area (Å²) in [7, 11) is 1.92. The van der Waals surface area contributed by atoms with Crippen molar-refractivity contribution in [3.8, 4) is 0 Å². The summed E-state index contributed by atoms with van der Waals surface area (Å²) in [5, 5.41) is 4.95. The lowest BCUT2D eigenvalue weighted by atomic mass is 10.0. The van der Waals surface area contributed by atoms with Gasteiger partial charge in [0.25, 0.3) is 0 Å². The van der Waals surface area contributed by atoms with E-state index in [0.29, 0.717) is 5.02 Å². The van der Waals surface area contributed by atoms with Crippen LogP contribution in [0, 0.1) is 13.8 Å². The van der Waals surface area contributed by atoms with Gasteiger partial charge in [-0.25, -0.2) is 0 Å². The van der Waals surface area contributed by atoms with Gasteiger partial charge in [-0.3, -0.25) is 4.98 Å². The molecule has 1 aromatic carbocycles. The predicted octanol–water partition coefficient (Wildman–Crippen LogP) is 4.41. The minimum atomic E-state index is -0.0196. The molecule has 2 heterocycles. The van der Waals surface area contributed by atoms with Crippen LogP contribution in [0.1, 0.15) is 28.8 Å². The fourth-order valence-electron chi connectivity index (χ4n) is 2.70. The predicted molar refractivity (Wildman–Crippen MR) is 85.8 cm³/mol. The molecule has 0 fully saturated rings. The summed E-state index contributed by atoms with van der Waals surface area (Å²) in [6.07, 6.45) is 0. The van der Waals surface area contributed by atoms with Crippen molar-refractivity contribution in [2.24, 2.45) is 0 Å². The maximum absolute atomic E-state index is 6.19. The fraction of sp³-hybridized carbons (Fsp3) is 0.235. The van der Waals surface area contributed by atoms with Gasteiger partial charge in [0.05, 0.1) is 11.1 Å². The van der Waals surface area contributed by atoms with Gasteiger partial charge in [0.15, 0.2) is 5.58 Å². The van der Waals surface area contributed by atoms with E-state index in [1.165, 1.54) is 0 Å². The Kier molecular flexibility index (Phi) is 3.70. The Labute approximate surface area is 128 Å². The highest BCUT2D eigenvalue weighted by Gasteiger charge is 2.18. The highest BCUT2D eigenvalue weighted by molar-refractivity contribution is 6.34. The topological polar surface area (TPSA) is 38.1 Å². The number of hydrogen-bond acceptors (Lipinski definition) is 3. The Morgan fingerprint density at radius 1 is 1.14 bits per heavy atom. The van der Waals surface area contributed by atoms with Crippen LogP contribution in [0.2, 0.25) is 5.02 Å². The van der Waals surface area contributed by atoms with Crippen LogP contribution in [0.25, 0.3) is 11.0 Å². The van der Waals surface area contributed by atoms with E-state index in [1.807, 2.05) is 45.2 Å². The van der Waals surface area contributed by atoms with Crippen molar-refractivity contribution < 1.29 is 4.42 Å². The lowest BCUT2D eigenvalue weighted by Gasteiger charge is -2.15. The Balaban J connectivity index is 2.11. The third kappa shape index (κ3) is 2.67. The monoisotopic (exact) mass is 300 g/mol. The first kappa shape index (κ1) is 14.1. The number of fused-ring (bicyclic) bond motifs is 1. The number of halogens is 1. The van der Waals surface area contributed by atoms with Crippen LogP contribution < -0.4 is 5.32 Å². The molecule has 0 amide bonds. The van der Waals surface area contributed by atoms with E-state index in [2.05, 4.69) is 22.4 Å². The van der Waals surface area contributed by atoms with Crippen molar-refractivity contribution in [2.75, 3.05) is 7.05 Å². The molecule has 0 aliphatic rings. The van der Waals surface area contributed by atoms with Gasteiger partial charge < -0.3 is 9.73 Å². The zero-order chi connectivity index (χ0) is 15.0. The average molecular weight is 301 g/mol. The summed E-state index contributed by atoms with van der Waals surface area (Å²) in [5.74, 6) is 0.852. The maximum atomic E-state index is 6.19. The van der Waals surface area contributed by atoms with Gasteiger partial charge in [0.2, 0.25) is 0 Å². The van der Waals surface area contributed by atoms with Gasteiger partial charge >= 0.3 is 0 Å². The van der Waals surface area contributed by atoms with E-state index < -0.39 is 0 Å². The number of hydrogen-bond donors (Lipinski definition) is 1. The summed E-state index contributed by atoms with van der Waals surface area (Å²) in [4.78, 5) is 4.42. The molecule has 2 aromatic heterocycles. The van der Waals surface area contributed by atoms with Crippen LogP contribution in [0.15, 0.2) is 40.8 Å². The second-order valence-electron chi connectivity index (χ2n) is 5.21. The van der Waals surface area contributed by atoms with Crippen molar-refractivity contribution in [2.45, 2.75) is 19.9 Å². The van der Waals surface area contributed by atoms with Crippen molar-refractivity contribution in [1.29, 1.82) is 0 Å². The van der Waals surface area contributed by atoms with Gasteiger partial charge in [-0.2, -0.15) is 0 Å². The standard InChI is InChI=1S/C17H17ClN2O/c1-10-7-13(8-11(2)20-10)16(19-3)15-9-12-5-4-6-14(18)17(12)21-15/h4-9,16,19H,1-3H3. The normalized spacial score (nSPS) is 12.8. The zero-order valence-corrected chi connectivity index (χ0v) is 13.0. The molecule has 0 bridgehead atoms. The fourth-order valence-corrected chi connectivity index (χ4v) is 2.92. The molecule has 0 saturated carbocycles. The molecule has 3 rings (SSSR count). The van der Waals surface area contributed by atoms with E-state index in [0.717, 1.165) is 33.7 Å². The number of aromatic nitrogens is 1. The largest absolute Gasteiger partial charge is 0.457 e. The number of furan rings is 1. The first-order valence-corrected chi connectivity index (χ1v) is 7.26. The molecular weight excluding hydrogens is 284 g/mol. The average Bonchev–Trinajstić information content (AvgIpc) is 2.83. The van der Waals surface area contributed by atoms with Gasteiger partial charge in [0, 0.05) is 16.8 Å². The Morgan fingerprint density at radius 2 is 1.86 bits per heavy atom. The molecule has 1 N–H and O–H groups in total. The molecule has 0 aliphatic heterocycles. The van der Waals surface area contributed by atoms with Crippen molar-refractivity contribution in [3.63, 3.8) is 0 Å². The van der Waals surface area contributed by atoms with Crippen LogP contribution in [-0.4, -0.2) is 12.0 Å². The van der Waals surface area contributed by atoms with E-state index in [-0.39, 0.29) is 6.04 Å². The summed E-state index contributed by atoms with van der Waals surface area (Å²) in [6, 6.07) is 11.9. The Bertz CT molecular complexity index is 774. The van der Waals surface area contributed by atoms with Gasteiger partial charge in [-0.15, -0.1) is 0 Å². The lowest BCUT2D eigenvalue weighted by molar-refractivity contribution is 0.491. The van der Waals surface area contributed by atoms with Crippen molar-refractivity contribution in [3.05, 3.63) is 64.1 Å². The number of nitrogens with zero attached hydrogens (tertiary/aromatic N) is 1.